The van der Waals surface area contributed by atoms with E-state index in [9.17, 15) is 9.59 Å². The number of azo groups is 1. The molecule has 7 nitrogen and oxygen atoms in total. The molecule has 0 unspecified atom stereocenters. The van der Waals surface area contributed by atoms with E-state index in [2.05, 4.69) is 26.2 Å². The molecule has 0 aliphatic carbocycles. The first-order valence-corrected chi connectivity index (χ1v) is 7.84. The first-order valence-electron chi connectivity index (χ1n) is 7.04. The first-order chi connectivity index (χ1) is 12.0. The fourth-order valence-corrected chi connectivity index (χ4v) is 2.51. The number of halogens is 1. The minimum Gasteiger partial charge on any atom is -0.494 e. The van der Waals surface area contributed by atoms with Crippen molar-refractivity contribution >= 4 is 44.2 Å². The predicted octanol–water partition coefficient (Wildman–Crippen LogP) is 4.68. The maximum atomic E-state index is 11.6. The van der Waals surface area contributed by atoms with E-state index in [0.717, 1.165) is 4.47 Å². The number of hydrogen-bond acceptors (Lipinski definition) is 6. The SMILES string of the molecule is COc1cc(Br)ccc1/N=N/c1ccc2oc(=O)c(C(=O)O)cc2c1. The van der Waals surface area contributed by atoms with Crippen molar-refractivity contribution in [3.63, 3.8) is 0 Å². The molecule has 0 amide bonds. The Labute approximate surface area is 149 Å². The van der Waals surface area contributed by atoms with Gasteiger partial charge in [-0.2, -0.15) is 5.11 Å². The zero-order valence-electron chi connectivity index (χ0n) is 12.9. The van der Waals surface area contributed by atoms with Gasteiger partial charge in [0, 0.05) is 9.86 Å². The molecule has 25 heavy (non-hydrogen) atoms. The highest BCUT2D eigenvalue weighted by Gasteiger charge is 2.12. The van der Waals surface area contributed by atoms with Crippen molar-refractivity contribution in [2.45, 2.75) is 0 Å². The number of aromatic carboxylic acids is 1. The summed E-state index contributed by atoms with van der Waals surface area (Å²) in [4.78, 5) is 22.6. The molecular weight excluding hydrogens is 392 g/mol. The van der Waals surface area contributed by atoms with Crippen LogP contribution in [0.2, 0.25) is 0 Å². The molecule has 8 heteroatoms. The van der Waals surface area contributed by atoms with E-state index in [0.29, 0.717) is 22.5 Å². The van der Waals surface area contributed by atoms with Crippen LogP contribution in [0.25, 0.3) is 11.0 Å². The second kappa shape index (κ2) is 6.86. The smallest absolute Gasteiger partial charge is 0.351 e. The molecule has 1 aromatic heterocycles. The second-order valence-electron chi connectivity index (χ2n) is 4.99. The standard InChI is InChI=1S/C17H11BrN2O5/c1-24-15-8-10(18)2-4-13(15)20-19-11-3-5-14-9(6-11)7-12(16(21)22)17(23)25-14/h2-8H,1H3,(H,21,22)/b20-19+. The normalized spacial score (nSPS) is 11.1. The van der Waals surface area contributed by atoms with Gasteiger partial charge in [0.25, 0.3) is 0 Å². The Bertz CT molecular complexity index is 1060. The number of carbonyl (C=O) groups is 1. The van der Waals surface area contributed by atoms with Crippen LogP contribution in [0.15, 0.2) is 66.4 Å². The highest BCUT2D eigenvalue weighted by molar-refractivity contribution is 9.10. The Morgan fingerprint density at radius 3 is 2.68 bits per heavy atom. The number of benzene rings is 2. The van der Waals surface area contributed by atoms with Crippen LogP contribution in [0, 0.1) is 0 Å². The topological polar surface area (TPSA) is 101 Å². The Morgan fingerprint density at radius 1 is 1.16 bits per heavy atom. The Hall–Kier alpha value is -3.00. The highest BCUT2D eigenvalue weighted by Crippen LogP contribution is 2.32. The average molecular weight is 403 g/mol. The third kappa shape index (κ3) is 3.58. The quantitative estimate of drug-likeness (QED) is 0.504. The number of ether oxygens (including phenoxy) is 1. The molecule has 0 spiro atoms. The van der Waals surface area contributed by atoms with E-state index in [1.807, 2.05) is 6.07 Å². The van der Waals surface area contributed by atoms with E-state index in [1.54, 1.807) is 24.3 Å². The van der Waals surface area contributed by atoms with Crippen LogP contribution in [-0.4, -0.2) is 18.2 Å². The van der Waals surface area contributed by atoms with Crippen LogP contribution in [0.4, 0.5) is 11.4 Å². The Balaban J connectivity index is 2.01. The molecule has 0 aliphatic rings. The lowest BCUT2D eigenvalue weighted by Crippen LogP contribution is -2.12. The summed E-state index contributed by atoms with van der Waals surface area (Å²) in [5, 5.41) is 17.7. The minimum absolute atomic E-state index is 0.273. The number of fused-ring (bicyclic) bond motifs is 1. The second-order valence-corrected chi connectivity index (χ2v) is 5.91. The predicted molar refractivity (Wildman–Crippen MR) is 94.3 cm³/mol. The summed E-state index contributed by atoms with van der Waals surface area (Å²) in [5.41, 5.74) is -0.0420. The lowest BCUT2D eigenvalue weighted by Gasteiger charge is -2.03. The first kappa shape index (κ1) is 16.8. The number of nitrogens with zero attached hydrogens (tertiary/aromatic N) is 2. The van der Waals surface area contributed by atoms with Crippen molar-refractivity contribution in [1.82, 2.24) is 0 Å². The van der Waals surface area contributed by atoms with Gasteiger partial charge in [0.2, 0.25) is 0 Å². The molecule has 0 atom stereocenters. The monoisotopic (exact) mass is 402 g/mol. The molecule has 0 radical (unpaired) electrons. The van der Waals surface area contributed by atoms with Gasteiger partial charge in [-0.25, -0.2) is 9.59 Å². The zero-order valence-corrected chi connectivity index (χ0v) is 14.5. The Morgan fingerprint density at radius 2 is 1.96 bits per heavy atom. The molecule has 0 fully saturated rings. The van der Waals surface area contributed by atoms with Crippen LogP contribution in [0.5, 0.6) is 5.75 Å². The van der Waals surface area contributed by atoms with Crippen LogP contribution in [0.1, 0.15) is 10.4 Å². The van der Waals surface area contributed by atoms with Gasteiger partial charge in [0.15, 0.2) is 0 Å². The van der Waals surface area contributed by atoms with E-state index < -0.39 is 17.2 Å². The fraction of sp³-hybridized carbons (Fsp3) is 0.0588. The molecule has 2 aromatic carbocycles. The van der Waals surface area contributed by atoms with Gasteiger partial charge in [-0.3, -0.25) is 0 Å². The largest absolute Gasteiger partial charge is 0.494 e. The molecule has 0 saturated heterocycles. The third-order valence-corrected chi connectivity index (χ3v) is 3.85. The van der Waals surface area contributed by atoms with Gasteiger partial charge in [0.1, 0.15) is 22.6 Å². The minimum atomic E-state index is -1.35. The molecular formula is C17H11BrN2O5. The number of rotatable bonds is 4. The van der Waals surface area contributed by atoms with Crippen LogP contribution in [0.3, 0.4) is 0 Å². The summed E-state index contributed by atoms with van der Waals surface area (Å²) in [6.07, 6.45) is 0. The van der Waals surface area contributed by atoms with Crippen molar-refractivity contribution in [2.24, 2.45) is 10.2 Å². The molecule has 1 N–H and O–H groups in total. The van der Waals surface area contributed by atoms with Crippen LogP contribution < -0.4 is 10.4 Å². The number of hydrogen-bond donors (Lipinski definition) is 1. The average Bonchev–Trinajstić information content (AvgIpc) is 2.59. The van der Waals surface area contributed by atoms with Gasteiger partial charge in [0.05, 0.1) is 12.8 Å². The number of carboxylic acids is 1. The van der Waals surface area contributed by atoms with Crippen molar-refractivity contribution < 1.29 is 19.1 Å². The summed E-state index contributed by atoms with van der Waals surface area (Å²) in [6, 6.07) is 11.3. The highest BCUT2D eigenvalue weighted by atomic mass is 79.9. The van der Waals surface area contributed by atoms with E-state index in [1.165, 1.54) is 19.2 Å². The molecule has 3 rings (SSSR count). The van der Waals surface area contributed by atoms with E-state index >= 15 is 0 Å². The summed E-state index contributed by atoms with van der Waals surface area (Å²) in [6.45, 7) is 0. The van der Waals surface area contributed by atoms with Gasteiger partial charge in [-0.05, 0) is 42.5 Å². The summed E-state index contributed by atoms with van der Waals surface area (Å²) in [7, 11) is 1.53. The van der Waals surface area contributed by atoms with Gasteiger partial charge < -0.3 is 14.3 Å². The maximum Gasteiger partial charge on any atom is 0.351 e. The molecule has 126 valence electrons. The van der Waals surface area contributed by atoms with Crippen LogP contribution >= 0.6 is 15.9 Å². The molecule has 0 aliphatic heterocycles. The number of methoxy groups -OCH3 is 1. The lowest BCUT2D eigenvalue weighted by atomic mass is 10.1. The van der Waals surface area contributed by atoms with Crippen molar-refractivity contribution in [3.8, 4) is 5.75 Å². The van der Waals surface area contributed by atoms with Crippen molar-refractivity contribution in [1.29, 1.82) is 0 Å². The Kier molecular flexibility index (Phi) is 4.62. The summed E-state index contributed by atoms with van der Waals surface area (Å²) in [5.74, 6) is -0.791. The third-order valence-electron chi connectivity index (χ3n) is 3.36. The van der Waals surface area contributed by atoms with E-state index in [4.69, 9.17) is 14.3 Å². The van der Waals surface area contributed by atoms with Gasteiger partial charge in [-0.1, -0.05) is 15.9 Å². The van der Waals surface area contributed by atoms with Crippen molar-refractivity contribution in [2.75, 3.05) is 7.11 Å². The fourth-order valence-electron chi connectivity index (χ4n) is 2.17. The lowest BCUT2D eigenvalue weighted by molar-refractivity contribution is 0.0692. The van der Waals surface area contributed by atoms with Gasteiger partial charge in [-0.15, -0.1) is 5.11 Å². The number of carboxylic acid groups (broad SMARTS) is 1. The zero-order chi connectivity index (χ0) is 18.0. The van der Waals surface area contributed by atoms with E-state index in [-0.39, 0.29) is 5.58 Å². The summed E-state index contributed by atoms with van der Waals surface area (Å²) < 4.78 is 11.1. The van der Waals surface area contributed by atoms with Gasteiger partial charge >= 0.3 is 11.6 Å². The maximum absolute atomic E-state index is 11.6. The molecule has 3 aromatic rings. The summed E-state index contributed by atoms with van der Waals surface area (Å²) >= 11 is 3.35. The van der Waals surface area contributed by atoms with Crippen molar-refractivity contribution in [3.05, 3.63) is 62.9 Å². The van der Waals surface area contributed by atoms with Crippen LogP contribution in [-0.2, 0) is 0 Å². The molecule has 1 heterocycles. The molecule has 0 saturated carbocycles. The molecule has 0 bridgehead atoms.